The van der Waals surface area contributed by atoms with Crippen LogP contribution in [0, 0.1) is 12.8 Å². The molecular formula is C11H19N3O. The fourth-order valence-electron chi connectivity index (χ4n) is 2.22. The highest BCUT2D eigenvalue weighted by Crippen LogP contribution is 2.24. The molecule has 0 spiro atoms. The molecule has 0 aliphatic heterocycles. The monoisotopic (exact) mass is 209 g/mol. The van der Waals surface area contributed by atoms with Gasteiger partial charge in [-0.15, -0.1) is 0 Å². The van der Waals surface area contributed by atoms with Gasteiger partial charge in [0.25, 0.3) is 0 Å². The minimum atomic E-state index is 0.652. The van der Waals surface area contributed by atoms with E-state index in [2.05, 4.69) is 22.4 Å². The summed E-state index contributed by atoms with van der Waals surface area (Å²) in [6, 6.07) is 0.702. The van der Waals surface area contributed by atoms with Gasteiger partial charge in [0.2, 0.25) is 5.89 Å². The lowest BCUT2D eigenvalue weighted by atomic mass is 10.1. The summed E-state index contributed by atoms with van der Waals surface area (Å²) in [5.74, 6) is 2.35. The molecule has 4 nitrogen and oxygen atoms in total. The van der Waals surface area contributed by atoms with E-state index in [0.29, 0.717) is 11.9 Å². The molecule has 0 radical (unpaired) electrons. The minimum Gasteiger partial charge on any atom is -0.340 e. The summed E-state index contributed by atoms with van der Waals surface area (Å²) in [5.41, 5.74) is 0. The van der Waals surface area contributed by atoms with Gasteiger partial charge in [0.1, 0.15) is 0 Å². The van der Waals surface area contributed by atoms with E-state index in [-0.39, 0.29) is 0 Å². The standard InChI is InChI=1S/C11H19N3O/c1-8-3-4-10(7-8)12-6-5-11-13-9(2)15-14-11/h8,10,12H,3-7H2,1-2H3. The summed E-state index contributed by atoms with van der Waals surface area (Å²) in [7, 11) is 0. The first-order valence-corrected chi connectivity index (χ1v) is 5.76. The Balaban J connectivity index is 1.67. The van der Waals surface area contributed by atoms with E-state index in [0.717, 1.165) is 24.7 Å². The lowest BCUT2D eigenvalue weighted by Gasteiger charge is -2.10. The SMILES string of the molecule is Cc1nc(CCNC2CCC(C)C2)no1. The Morgan fingerprint density at radius 3 is 2.93 bits per heavy atom. The molecule has 1 aromatic rings. The molecular weight excluding hydrogens is 190 g/mol. The maximum atomic E-state index is 4.92. The molecule has 0 aromatic carbocycles. The van der Waals surface area contributed by atoms with Gasteiger partial charge in [-0.05, 0) is 25.2 Å². The van der Waals surface area contributed by atoms with Crippen LogP contribution < -0.4 is 5.32 Å². The van der Waals surface area contributed by atoms with Crippen molar-refractivity contribution in [2.45, 2.75) is 45.6 Å². The molecule has 2 unspecified atom stereocenters. The molecule has 1 N–H and O–H groups in total. The van der Waals surface area contributed by atoms with Crippen molar-refractivity contribution in [2.24, 2.45) is 5.92 Å². The third kappa shape index (κ3) is 3.02. The van der Waals surface area contributed by atoms with Gasteiger partial charge < -0.3 is 9.84 Å². The van der Waals surface area contributed by atoms with Crippen LogP contribution in [0.3, 0.4) is 0 Å². The maximum absolute atomic E-state index is 4.92. The number of hydrogen-bond donors (Lipinski definition) is 1. The predicted molar refractivity (Wildman–Crippen MR) is 57.5 cm³/mol. The molecule has 0 bridgehead atoms. The topological polar surface area (TPSA) is 51.0 Å². The fourth-order valence-corrected chi connectivity index (χ4v) is 2.22. The van der Waals surface area contributed by atoms with Crippen molar-refractivity contribution in [3.8, 4) is 0 Å². The lowest BCUT2D eigenvalue weighted by molar-refractivity contribution is 0.386. The van der Waals surface area contributed by atoms with Gasteiger partial charge >= 0.3 is 0 Å². The summed E-state index contributed by atoms with van der Waals surface area (Å²) < 4.78 is 4.92. The summed E-state index contributed by atoms with van der Waals surface area (Å²) in [4.78, 5) is 4.17. The molecule has 0 saturated heterocycles. The first-order valence-electron chi connectivity index (χ1n) is 5.76. The Kier molecular flexibility index (Phi) is 3.36. The molecule has 1 fully saturated rings. The molecule has 15 heavy (non-hydrogen) atoms. The largest absolute Gasteiger partial charge is 0.340 e. The van der Waals surface area contributed by atoms with E-state index in [1.54, 1.807) is 0 Å². The molecule has 1 heterocycles. The highest BCUT2D eigenvalue weighted by molar-refractivity contribution is 4.86. The predicted octanol–water partition coefficient (Wildman–Crippen LogP) is 1.70. The average molecular weight is 209 g/mol. The molecule has 1 aliphatic carbocycles. The summed E-state index contributed by atoms with van der Waals surface area (Å²) >= 11 is 0. The van der Waals surface area contributed by atoms with E-state index in [1.807, 2.05) is 6.92 Å². The Hall–Kier alpha value is -0.900. The van der Waals surface area contributed by atoms with Crippen LogP contribution in [0.15, 0.2) is 4.52 Å². The quantitative estimate of drug-likeness (QED) is 0.820. The number of nitrogens with one attached hydrogen (secondary N) is 1. The van der Waals surface area contributed by atoms with E-state index < -0.39 is 0 Å². The molecule has 1 aliphatic rings. The van der Waals surface area contributed by atoms with Crippen LogP contribution in [0.4, 0.5) is 0 Å². The number of aromatic nitrogens is 2. The van der Waals surface area contributed by atoms with Crippen molar-refractivity contribution in [2.75, 3.05) is 6.54 Å². The number of rotatable bonds is 4. The van der Waals surface area contributed by atoms with Crippen molar-refractivity contribution >= 4 is 0 Å². The number of nitrogens with zero attached hydrogens (tertiary/aromatic N) is 2. The smallest absolute Gasteiger partial charge is 0.223 e. The van der Waals surface area contributed by atoms with Gasteiger partial charge in [0, 0.05) is 25.9 Å². The van der Waals surface area contributed by atoms with Gasteiger partial charge in [0.15, 0.2) is 5.82 Å². The third-order valence-corrected chi connectivity index (χ3v) is 3.05. The second-order valence-electron chi connectivity index (χ2n) is 4.55. The summed E-state index contributed by atoms with van der Waals surface area (Å²) in [6.45, 7) is 5.10. The fraction of sp³-hybridized carbons (Fsp3) is 0.818. The number of hydrogen-bond acceptors (Lipinski definition) is 4. The Morgan fingerprint density at radius 1 is 1.47 bits per heavy atom. The Labute approximate surface area is 90.4 Å². The molecule has 0 amide bonds. The maximum Gasteiger partial charge on any atom is 0.223 e. The Morgan fingerprint density at radius 2 is 2.33 bits per heavy atom. The Bertz CT molecular complexity index is 311. The first-order chi connectivity index (χ1) is 7.24. The van der Waals surface area contributed by atoms with Crippen LogP contribution in [-0.4, -0.2) is 22.7 Å². The van der Waals surface area contributed by atoms with Gasteiger partial charge in [-0.1, -0.05) is 12.1 Å². The van der Waals surface area contributed by atoms with Crippen molar-refractivity contribution in [3.63, 3.8) is 0 Å². The minimum absolute atomic E-state index is 0.652. The van der Waals surface area contributed by atoms with E-state index in [9.17, 15) is 0 Å². The first kappa shape index (κ1) is 10.6. The molecule has 1 aromatic heterocycles. The van der Waals surface area contributed by atoms with Crippen molar-refractivity contribution in [1.29, 1.82) is 0 Å². The van der Waals surface area contributed by atoms with Crippen LogP contribution in [-0.2, 0) is 6.42 Å². The third-order valence-electron chi connectivity index (χ3n) is 3.05. The van der Waals surface area contributed by atoms with Crippen LogP contribution in [0.5, 0.6) is 0 Å². The van der Waals surface area contributed by atoms with Crippen molar-refractivity contribution in [3.05, 3.63) is 11.7 Å². The zero-order valence-corrected chi connectivity index (χ0v) is 9.49. The van der Waals surface area contributed by atoms with Crippen molar-refractivity contribution in [1.82, 2.24) is 15.5 Å². The van der Waals surface area contributed by atoms with Crippen LogP contribution in [0.1, 0.15) is 37.9 Å². The van der Waals surface area contributed by atoms with Crippen molar-refractivity contribution < 1.29 is 4.52 Å². The molecule has 1 saturated carbocycles. The molecule has 2 rings (SSSR count). The van der Waals surface area contributed by atoms with Crippen LogP contribution >= 0.6 is 0 Å². The van der Waals surface area contributed by atoms with Gasteiger partial charge in [-0.3, -0.25) is 0 Å². The zero-order valence-electron chi connectivity index (χ0n) is 9.49. The molecule has 84 valence electrons. The zero-order chi connectivity index (χ0) is 10.7. The summed E-state index contributed by atoms with van der Waals surface area (Å²) in [6.07, 6.45) is 4.85. The normalized spacial score (nSPS) is 26.0. The van der Waals surface area contributed by atoms with E-state index in [4.69, 9.17) is 4.52 Å². The average Bonchev–Trinajstić information content (AvgIpc) is 2.76. The summed E-state index contributed by atoms with van der Waals surface area (Å²) in [5, 5.41) is 7.42. The highest BCUT2D eigenvalue weighted by atomic mass is 16.5. The molecule has 2 atom stereocenters. The van der Waals surface area contributed by atoms with Gasteiger partial charge in [-0.25, -0.2) is 0 Å². The second-order valence-corrected chi connectivity index (χ2v) is 4.55. The van der Waals surface area contributed by atoms with Gasteiger partial charge in [-0.2, -0.15) is 4.98 Å². The second kappa shape index (κ2) is 4.75. The number of aryl methyl sites for hydroxylation is 1. The molecule has 4 heteroatoms. The lowest BCUT2D eigenvalue weighted by Crippen LogP contribution is -2.28. The van der Waals surface area contributed by atoms with Crippen LogP contribution in [0.25, 0.3) is 0 Å². The van der Waals surface area contributed by atoms with Crippen LogP contribution in [0.2, 0.25) is 0 Å². The van der Waals surface area contributed by atoms with E-state index in [1.165, 1.54) is 19.3 Å². The van der Waals surface area contributed by atoms with E-state index >= 15 is 0 Å². The van der Waals surface area contributed by atoms with Gasteiger partial charge in [0.05, 0.1) is 0 Å². The highest BCUT2D eigenvalue weighted by Gasteiger charge is 2.20.